The third-order valence-corrected chi connectivity index (χ3v) is 9.29. The summed E-state index contributed by atoms with van der Waals surface area (Å²) in [7, 11) is 1.94. The number of carbonyl (C=O) groups excluding carboxylic acids is 1. The largest absolute Gasteiger partial charge is 0.294 e. The van der Waals surface area contributed by atoms with E-state index in [-0.39, 0.29) is 5.41 Å². The lowest BCUT2D eigenvalue weighted by atomic mass is 9.45. The van der Waals surface area contributed by atoms with E-state index in [4.69, 9.17) is 0 Å². The number of allylic oxidation sites excluding steroid dienone is 1. The van der Waals surface area contributed by atoms with Crippen LogP contribution in [0.25, 0.3) is 6.08 Å². The topological polar surface area (TPSA) is 34.9 Å². The zero-order chi connectivity index (χ0) is 18.8. The third kappa shape index (κ3) is 2.53. The Balaban J connectivity index is 1.46. The number of ketones is 1. The highest BCUT2D eigenvalue weighted by Crippen LogP contribution is 2.66. The van der Waals surface area contributed by atoms with Gasteiger partial charge in [0.25, 0.3) is 0 Å². The van der Waals surface area contributed by atoms with Gasteiger partial charge in [0, 0.05) is 24.2 Å². The van der Waals surface area contributed by atoms with Gasteiger partial charge in [-0.25, -0.2) is 0 Å². The van der Waals surface area contributed by atoms with Gasteiger partial charge in [-0.05, 0) is 85.7 Å². The number of hydrogen-bond acceptors (Lipinski definition) is 2. The molecule has 27 heavy (non-hydrogen) atoms. The molecule has 3 heteroatoms. The van der Waals surface area contributed by atoms with Crippen molar-refractivity contribution in [1.82, 2.24) is 9.78 Å². The number of nitrogens with zero attached hydrogens (tertiary/aromatic N) is 2. The molecule has 1 aromatic heterocycles. The monoisotopic (exact) mass is 366 g/mol. The van der Waals surface area contributed by atoms with Crippen LogP contribution in [0.4, 0.5) is 0 Å². The summed E-state index contributed by atoms with van der Waals surface area (Å²) in [6.07, 6.45) is 17.9. The Bertz CT molecular complexity index is 792. The maximum Gasteiger partial charge on any atom is 0.165 e. The van der Waals surface area contributed by atoms with Gasteiger partial charge in [0.2, 0.25) is 0 Å². The number of fused-ring (bicyclic) bond motifs is 5. The maximum atomic E-state index is 13.4. The summed E-state index contributed by atoms with van der Waals surface area (Å²) >= 11 is 0. The summed E-state index contributed by atoms with van der Waals surface area (Å²) in [5.74, 6) is 3.54. The van der Waals surface area contributed by atoms with Gasteiger partial charge < -0.3 is 0 Å². The summed E-state index contributed by atoms with van der Waals surface area (Å²) in [5.41, 5.74) is 2.56. The number of aryl methyl sites for hydroxylation is 1. The zero-order valence-corrected chi connectivity index (χ0v) is 17.2. The number of Topliss-reactive ketones (excluding diaryl/α,β-unsaturated/α-hetero) is 1. The Morgan fingerprint density at radius 3 is 2.74 bits per heavy atom. The first kappa shape index (κ1) is 17.7. The van der Waals surface area contributed by atoms with E-state index in [0.717, 1.165) is 41.7 Å². The number of rotatable bonds is 1. The van der Waals surface area contributed by atoms with Crippen LogP contribution in [0.15, 0.2) is 18.0 Å². The molecule has 0 N–H and O–H groups in total. The second-order valence-corrected chi connectivity index (χ2v) is 10.5. The minimum absolute atomic E-state index is 0.118. The van der Waals surface area contributed by atoms with Gasteiger partial charge in [-0.1, -0.05) is 26.7 Å². The van der Waals surface area contributed by atoms with Crippen molar-refractivity contribution >= 4 is 11.9 Å². The number of hydrogen-bond donors (Lipinski definition) is 0. The quantitative estimate of drug-likeness (QED) is 0.622. The van der Waals surface area contributed by atoms with Gasteiger partial charge in [0.15, 0.2) is 5.78 Å². The smallest absolute Gasteiger partial charge is 0.165 e. The average Bonchev–Trinajstić information content (AvgIpc) is 3.16. The fourth-order valence-electron chi connectivity index (χ4n) is 7.81. The molecule has 4 aliphatic rings. The van der Waals surface area contributed by atoms with Gasteiger partial charge in [-0.2, -0.15) is 5.10 Å². The van der Waals surface area contributed by atoms with E-state index in [2.05, 4.69) is 25.0 Å². The lowest BCUT2D eigenvalue weighted by molar-refractivity contribution is -0.137. The summed E-state index contributed by atoms with van der Waals surface area (Å²) in [6.45, 7) is 4.90. The Hall–Kier alpha value is -1.38. The molecule has 4 saturated carbocycles. The van der Waals surface area contributed by atoms with Crippen molar-refractivity contribution in [1.29, 1.82) is 0 Å². The standard InChI is InChI=1S/C24H34N2O/c1-23-10-5-4-6-18(23)7-8-19-20(23)9-11-24(2)21(19)13-17(22(24)27)12-16-14-25-26(3)15-16/h12,14-15,18-21H,4-11,13H2,1-3H3/b17-12+/t18-,19+,20-,21-,23+,24+/m1/s1. The van der Waals surface area contributed by atoms with Crippen molar-refractivity contribution in [2.75, 3.05) is 0 Å². The lowest BCUT2D eigenvalue weighted by Gasteiger charge is -2.59. The Morgan fingerprint density at radius 1 is 1.11 bits per heavy atom. The van der Waals surface area contributed by atoms with Crippen LogP contribution in [-0.2, 0) is 11.8 Å². The highest BCUT2D eigenvalue weighted by molar-refractivity contribution is 6.05. The molecule has 5 rings (SSSR count). The van der Waals surface area contributed by atoms with E-state index in [9.17, 15) is 4.79 Å². The van der Waals surface area contributed by atoms with Crippen LogP contribution in [0.2, 0.25) is 0 Å². The van der Waals surface area contributed by atoms with Crippen LogP contribution in [0.5, 0.6) is 0 Å². The normalized spacial score (nSPS) is 45.4. The highest BCUT2D eigenvalue weighted by Gasteiger charge is 2.60. The predicted molar refractivity (Wildman–Crippen MR) is 108 cm³/mol. The molecule has 0 bridgehead atoms. The Labute approximate surface area is 163 Å². The molecule has 1 heterocycles. The van der Waals surface area contributed by atoms with E-state index in [1.54, 1.807) is 0 Å². The van der Waals surface area contributed by atoms with Gasteiger partial charge in [0.05, 0.1) is 6.20 Å². The third-order valence-electron chi connectivity index (χ3n) is 9.29. The van der Waals surface area contributed by atoms with Gasteiger partial charge >= 0.3 is 0 Å². The SMILES string of the molecule is Cn1cc(/C=C2\C[C@@H]3[C@H]4CC[C@H]5CCCC[C@]5(C)[C@@H]4CC[C@]3(C)C2=O)cn1. The van der Waals surface area contributed by atoms with Gasteiger partial charge in [0.1, 0.15) is 0 Å². The molecular weight excluding hydrogens is 332 g/mol. The molecule has 1 aromatic rings. The molecule has 0 spiro atoms. The fraction of sp³-hybridized carbons (Fsp3) is 0.750. The minimum Gasteiger partial charge on any atom is -0.294 e. The fourth-order valence-corrected chi connectivity index (χ4v) is 7.81. The number of aromatic nitrogens is 2. The van der Waals surface area contributed by atoms with E-state index in [1.807, 2.05) is 24.1 Å². The molecule has 6 atom stereocenters. The minimum atomic E-state index is -0.118. The summed E-state index contributed by atoms with van der Waals surface area (Å²) < 4.78 is 1.82. The first-order valence-corrected chi connectivity index (χ1v) is 11.2. The number of carbonyl (C=O) groups is 1. The molecule has 4 aliphatic carbocycles. The molecule has 3 nitrogen and oxygen atoms in total. The Kier molecular flexibility index (Phi) is 3.97. The van der Waals surface area contributed by atoms with Crippen molar-refractivity contribution < 1.29 is 4.79 Å². The van der Waals surface area contributed by atoms with E-state index in [1.165, 1.54) is 44.9 Å². The molecule has 0 amide bonds. The van der Waals surface area contributed by atoms with Gasteiger partial charge in [-0.15, -0.1) is 0 Å². The van der Waals surface area contributed by atoms with E-state index < -0.39 is 0 Å². The van der Waals surface area contributed by atoms with E-state index in [0.29, 0.717) is 17.1 Å². The summed E-state index contributed by atoms with van der Waals surface area (Å²) in [5, 5.41) is 4.27. The van der Waals surface area contributed by atoms with Crippen LogP contribution in [-0.4, -0.2) is 15.6 Å². The van der Waals surface area contributed by atoms with Crippen LogP contribution in [0.3, 0.4) is 0 Å². The molecule has 146 valence electrons. The van der Waals surface area contributed by atoms with Crippen molar-refractivity contribution in [3.8, 4) is 0 Å². The highest BCUT2D eigenvalue weighted by atomic mass is 16.1. The molecule has 0 saturated heterocycles. The predicted octanol–water partition coefficient (Wildman–Crippen LogP) is 5.42. The van der Waals surface area contributed by atoms with Crippen molar-refractivity contribution in [2.24, 2.45) is 41.5 Å². The molecule has 0 aliphatic heterocycles. The average molecular weight is 367 g/mol. The first-order valence-electron chi connectivity index (χ1n) is 11.2. The molecule has 4 fully saturated rings. The second kappa shape index (κ2) is 6.06. The van der Waals surface area contributed by atoms with Crippen LogP contribution in [0, 0.1) is 34.5 Å². The van der Waals surface area contributed by atoms with Crippen LogP contribution < -0.4 is 0 Å². The van der Waals surface area contributed by atoms with Gasteiger partial charge in [-0.3, -0.25) is 9.48 Å². The van der Waals surface area contributed by atoms with Crippen molar-refractivity contribution in [2.45, 2.75) is 71.6 Å². The van der Waals surface area contributed by atoms with Crippen LogP contribution >= 0.6 is 0 Å². The second-order valence-electron chi connectivity index (χ2n) is 10.5. The van der Waals surface area contributed by atoms with Crippen molar-refractivity contribution in [3.05, 3.63) is 23.5 Å². The van der Waals surface area contributed by atoms with Crippen LogP contribution in [0.1, 0.15) is 77.2 Å². The van der Waals surface area contributed by atoms with E-state index >= 15 is 0 Å². The molecular formula is C24H34N2O. The van der Waals surface area contributed by atoms with Crippen molar-refractivity contribution in [3.63, 3.8) is 0 Å². The molecule has 0 radical (unpaired) electrons. The summed E-state index contributed by atoms with van der Waals surface area (Å²) in [4.78, 5) is 13.4. The first-order chi connectivity index (χ1) is 12.9. The lowest BCUT2D eigenvalue weighted by Crippen LogP contribution is -2.52. The zero-order valence-electron chi connectivity index (χ0n) is 17.2. The Morgan fingerprint density at radius 2 is 1.96 bits per heavy atom. The summed E-state index contributed by atoms with van der Waals surface area (Å²) in [6, 6.07) is 0. The molecule has 0 unspecified atom stereocenters. The molecule has 0 aromatic carbocycles. The maximum absolute atomic E-state index is 13.4.